The highest BCUT2D eigenvalue weighted by molar-refractivity contribution is 5.94. The number of nitro groups is 1. The molecule has 1 amide bonds. The third kappa shape index (κ3) is 3.71. The number of carbonyl (C=O) groups excluding carboxylic acids is 1. The van der Waals surface area contributed by atoms with E-state index in [0.29, 0.717) is 56.1 Å². The van der Waals surface area contributed by atoms with Gasteiger partial charge in [0.15, 0.2) is 17.3 Å². The molecule has 2 aliphatic rings. The van der Waals surface area contributed by atoms with Crippen molar-refractivity contribution in [2.24, 2.45) is 0 Å². The molecule has 0 saturated carbocycles. The number of fused-ring (bicyclic) bond motifs is 1. The zero-order valence-corrected chi connectivity index (χ0v) is 17.7. The minimum absolute atomic E-state index is 0.0420. The van der Waals surface area contributed by atoms with Crippen LogP contribution >= 0.6 is 0 Å². The summed E-state index contributed by atoms with van der Waals surface area (Å²) >= 11 is 0. The van der Waals surface area contributed by atoms with Gasteiger partial charge in [-0.05, 0) is 37.5 Å². The molecular formula is C23H21F2N5O3. The Morgan fingerprint density at radius 1 is 1.00 bits per heavy atom. The van der Waals surface area contributed by atoms with Crippen LogP contribution in [0.5, 0.6) is 0 Å². The summed E-state index contributed by atoms with van der Waals surface area (Å²) < 4.78 is 28.7. The summed E-state index contributed by atoms with van der Waals surface area (Å²) in [6.07, 6.45) is 2.28. The number of para-hydroxylation sites is 2. The van der Waals surface area contributed by atoms with Crippen molar-refractivity contribution in [3.8, 4) is 5.69 Å². The lowest BCUT2D eigenvalue weighted by atomic mass is 10.1. The van der Waals surface area contributed by atoms with Crippen LogP contribution in [0.15, 0.2) is 42.5 Å². The minimum Gasteiger partial charge on any atom is -0.362 e. The van der Waals surface area contributed by atoms with E-state index in [1.165, 1.54) is 12.1 Å². The highest BCUT2D eigenvalue weighted by atomic mass is 19.2. The monoisotopic (exact) mass is 453 g/mol. The zero-order chi connectivity index (χ0) is 23.1. The van der Waals surface area contributed by atoms with Gasteiger partial charge in [-0.1, -0.05) is 12.1 Å². The summed E-state index contributed by atoms with van der Waals surface area (Å²) in [6.45, 7) is 1.72. The van der Waals surface area contributed by atoms with Gasteiger partial charge in [-0.3, -0.25) is 14.9 Å². The number of aromatic nitrogens is 2. The van der Waals surface area contributed by atoms with Gasteiger partial charge in [0, 0.05) is 49.6 Å². The third-order valence-corrected chi connectivity index (χ3v) is 6.27. The lowest BCUT2D eigenvalue weighted by Crippen LogP contribution is -2.49. The molecular weight excluding hydrogens is 432 g/mol. The van der Waals surface area contributed by atoms with Crippen LogP contribution in [0.1, 0.15) is 28.2 Å². The summed E-state index contributed by atoms with van der Waals surface area (Å²) in [5.74, 6) is -2.11. The number of piperazine rings is 1. The smallest absolute Gasteiger partial charge is 0.292 e. The minimum atomic E-state index is -0.964. The molecule has 33 heavy (non-hydrogen) atoms. The highest BCUT2D eigenvalue weighted by Crippen LogP contribution is 2.31. The molecule has 0 atom stereocenters. The second kappa shape index (κ2) is 8.27. The molecule has 1 aromatic heterocycles. The number of nitro benzene ring substituents is 1. The van der Waals surface area contributed by atoms with Crippen molar-refractivity contribution in [1.82, 2.24) is 14.7 Å². The maximum absolute atomic E-state index is 13.8. The molecule has 1 aliphatic heterocycles. The van der Waals surface area contributed by atoms with Crippen molar-refractivity contribution in [3.05, 3.63) is 81.2 Å². The van der Waals surface area contributed by atoms with E-state index in [-0.39, 0.29) is 11.6 Å². The molecule has 170 valence electrons. The Morgan fingerprint density at radius 3 is 2.48 bits per heavy atom. The Bertz CT molecular complexity index is 1250. The molecule has 2 heterocycles. The van der Waals surface area contributed by atoms with E-state index in [2.05, 4.69) is 5.10 Å². The standard InChI is InChI=1S/C23H21F2N5O3/c24-17-9-8-15(14-18(17)25)29-19-7-3-4-16(19)22(26-29)23(31)28-12-10-27(11-13-28)20-5-1-2-6-21(20)30(32)33/h1-2,5-6,8-9,14H,3-4,7,10-13H2. The zero-order valence-electron chi connectivity index (χ0n) is 17.7. The molecule has 0 N–H and O–H groups in total. The number of anilines is 1. The van der Waals surface area contributed by atoms with Crippen LogP contribution in [0.2, 0.25) is 0 Å². The Balaban J connectivity index is 1.37. The number of carbonyl (C=O) groups is 1. The van der Waals surface area contributed by atoms with Crippen LogP contribution < -0.4 is 4.90 Å². The van der Waals surface area contributed by atoms with E-state index in [1.54, 1.807) is 27.8 Å². The normalized spacial score (nSPS) is 15.6. The van der Waals surface area contributed by atoms with Crippen LogP contribution in [0.25, 0.3) is 5.69 Å². The molecule has 0 unspecified atom stereocenters. The topological polar surface area (TPSA) is 84.5 Å². The lowest BCUT2D eigenvalue weighted by Gasteiger charge is -2.35. The first-order valence-corrected chi connectivity index (χ1v) is 10.8. The third-order valence-electron chi connectivity index (χ3n) is 6.27. The van der Waals surface area contributed by atoms with E-state index in [1.807, 2.05) is 4.90 Å². The molecule has 8 nitrogen and oxygen atoms in total. The fraction of sp³-hybridized carbons (Fsp3) is 0.304. The summed E-state index contributed by atoms with van der Waals surface area (Å²) in [4.78, 5) is 27.9. The first-order valence-electron chi connectivity index (χ1n) is 10.8. The van der Waals surface area contributed by atoms with Gasteiger partial charge in [0.25, 0.3) is 11.6 Å². The number of rotatable bonds is 4. The molecule has 0 spiro atoms. The lowest BCUT2D eigenvalue weighted by molar-refractivity contribution is -0.384. The van der Waals surface area contributed by atoms with E-state index < -0.39 is 16.6 Å². The van der Waals surface area contributed by atoms with Crippen LogP contribution in [0.3, 0.4) is 0 Å². The van der Waals surface area contributed by atoms with Crippen LogP contribution in [-0.4, -0.2) is 51.7 Å². The number of halogens is 2. The van der Waals surface area contributed by atoms with E-state index >= 15 is 0 Å². The Morgan fingerprint density at radius 2 is 1.76 bits per heavy atom. The van der Waals surface area contributed by atoms with Gasteiger partial charge in [0.2, 0.25) is 0 Å². The summed E-state index contributed by atoms with van der Waals surface area (Å²) in [5, 5.41) is 15.8. The summed E-state index contributed by atoms with van der Waals surface area (Å²) in [5.41, 5.74) is 3.01. The van der Waals surface area contributed by atoms with Crippen molar-refractivity contribution in [2.75, 3.05) is 31.1 Å². The van der Waals surface area contributed by atoms with Gasteiger partial charge in [-0.25, -0.2) is 13.5 Å². The fourth-order valence-corrected chi connectivity index (χ4v) is 4.63. The maximum Gasteiger partial charge on any atom is 0.292 e. The molecule has 3 aromatic rings. The predicted molar refractivity (Wildman–Crippen MR) is 117 cm³/mol. The largest absolute Gasteiger partial charge is 0.362 e. The second-order valence-corrected chi connectivity index (χ2v) is 8.16. The second-order valence-electron chi connectivity index (χ2n) is 8.16. The van der Waals surface area contributed by atoms with Gasteiger partial charge in [0.1, 0.15) is 5.69 Å². The summed E-state index contributed by atoms with van der Waals surface area (Å²) in [7, 11) is 0. The molecule has 1 fully saturated rings. The van der Waals surface area contributed by atoms with Gasteiger partial charge in [0.05, 0.1) is 10.6 Å². The number of hydrogen-bond donors (Lipinski definition) is 0. The molecule has 2 aromatic carbocycles. The van der Waals surface area contributed by atoms with Crippen molar-refractivity contribution in [1.29, 1.82) is 0 Å². The number of hydrogen-bond acceptors (Lipinski definition) is 5. The maximum atomic E-state index is 13.8. The van der Waals surface area contributed by atoms with Gasteiger partial charge >= 0.3 is 0 Å². The van der Waals surface area contributed by atoms with Crippen LogP contribution in [-0.2, 0) is 12.8 Å². The Hall–Kier alpha value is -3.82. The fourth-order valence-electron chi connectivity index (χ4n) is 4.63. The molecule has 1 aliphatic carbocycles. The number of amides is 1. The van der Waals surface area contributed by atoms with E-state index in [4.69, 9.17) is 0 Å². The molecule has 1 saturated heterocycles. The van der Waals surface area contributed by atoms with Gasteiger partial charge < -0.3 is 9.80 Å². The van der Waals surface area contributed by atoms with Crippen molar-refractivity contribution in [3.63, 3.8) is 0 Å². The molecule has 10 heteroatoms. The average Bonchev–Trinajstić information content (AvgIpc) is 3.44. The SMILES string of the molecule is O=C(c1nn(-c2ccc(F)c(F)c2)c2c1CCC2)N1CCN(c2ccccc2[N+](=O)[O-])CC1. The van der Waals surface area contributed by atoms with Crippen molar-refractivity contribution >= 4 is 17.3 Å². The van der Waals surface area contributed by atoms with Crippen LogP contribution in [0.4, 0.5) is 20.2 Å². The number of benzene rings is 2. The van der Waals surface area contributed by atoms with Gasteiger partial charge in [-0.15, -0.1) is 0 Å². The summed E-state index contributed by atoms with van der Waals surface area (Å²) in [6, 6.07) is 10.2. The molecule has 5 rings (SSSR count). The van der Waals surface area contributed by atoms with Crippen molar-refractivity contribution < 1.29 is 18.5 Å². The number of nitrogens with zero attached hydrogens (tertiary/aromatic N) is 5. The molecule has 0 radical (unpaired) electrons. The molecule has 0 bridgehead atoms. The van der Waals surface area contributed by atoms with E-state index in [9.17, 15) is 23.7 Å². The van der Waals surface area contributed by atoms with Crippen LogP contribution in [0, 0.1) is 21.7 Å². The average molecular weight is 453 g/mol. The predicted octanol–water partition coefficient (Wildman–Crippen LogP) is 3.51. The first kappa shape index (κ1) is 21.0. The Labute approximate surface area is 188 Å². The van der Waals surface area contributed by atoms with Crippen molar-refractivity contribution in [2.45, 2.75) is 19.3 Å². The quantitative estimate of drug-likeness (QED) is 0.446. The first-order chi connectivity index (χ1) is 15.9. The highest BCUT2D eigenvalue weighted by Gasteiger charge is 2.32. The van der Waals surface area contributed by atoms with Gasteiger partial charge in [-0.2, -0.15) is 5.10 Å². The van der Waals surface area contributed by atoms with E-state index in [0.717, 1.165) is 29.8 Å². The Kier molecular flexibility index (Phi) is 5.27.